The number of nitrogens with zero attached hydrogens (tertiary/aromatic N) is 2. The zero-order chi connectivity index (χ0) is 20.5. The van der Waals surface area contributed by atoms with Crippen molar-refractivity contribution in [3.05, 3.63) is 95.9 Å². The lowest BCUT2D eigenvalue weighted by Gasteiger charge is -2.08. The van der Waals surface area contributed by atoms with Crippen LogP contribution in [-0.4, -0.2) is 25.5 Å². The van der Waals surface area contributed by atoms with Gasteiger partial charge in [0.1, 0.15) is 11.4 Å². The molecule has 3 N–H and O–H groups in total. The predicted molar refractivity (Wildman–Crippen MR) is 116 cm³/mol. The Morgan fingerprint density at radius 1 is 1.00 bits per heavy atom. The third-order valence-electron chi connectivity index (χ3n) is 5.17. The number of hydrogen-bond acceptors (Lipinski definition) is 3. The molecule has 0 aliphatic heterocycles. The minimum atomic E-state index is -0.184. The highest BCUT2D eigenvalue weighted by Crippen LogP contribution is 2.20. The molecule has 0 radical (unpaired) electrons. The van der Waals surface area contributed by atoms with Crippen molar-refractivity contribution in [2.45, 2.75) is 13.1 Å². The fourth-order valence-electron chi connectivity index (χ4n) is 3.69. The zero-order valence-electron chi connectivity index (χ0n) is 16.2. The summed E-state index contributed by atoms with van der Waals surface area (Å²) in [6, 6.07) is 23.0. The van der Waals surface area contributed by atoms with Gasteiger partial charge in [-0.3, -0.25) is 4.79 Å². The molecule has 1 amide bonds. The van der Waals surface area contributed by atoms with Crippen LogP contribution >= 0.6 is 0 Å². The van der Waals surface area contributed by atoms with Crippen LogP contribution in [0.3, 0.4) is 0 Å². The first-order valence-corrected chi connectivity index (χ1v) is 9.73. The molecule has 0 fully saturated rings. The Morgan fingerprint density at radius 2 is 1.87 bits per heavy atom. The topological polar surface area (TPSA) is 82.9 Å². The number of para-hydroxylation sites is 2. The average molecular weight is 396 g/mol. The predicted octanol–water partition coefficient (Wildman–Crippen LogP) is 4.20. The number of benzene rings is 3. The molecule has 30 heavy (non-hydrogen) atoms. The molecule has 0 spiro atoms. The Balaban J connectivity index is 1.29. The van der Waals surface area contributed by atoms with Gasteiger partial charge in [-0.2, -0.15) is 0 Å². The summed E-state index contributed by atoms with van der Waals surface area (Å²) in [5.41, 5.74) is 5.53. The number of aromatic nitrogens is 3. The van der Waals surface area contributed by atoms with Gasteiger partial charge in [0.25, 0.3) is 5.91 Å². The van der Waals surface area contributed by atoms with Crippen molar-refractivity contribution in [3.63, 3.8) is 0 Å². The van der Waals surface area contributed by atoms with E-state index in [0.717, 1.165) is 33.1 Å². The van der Waals surface area contributed by atoms with Crippen LogP contribution < -0.4 is 5.32 Å². The van der Waals surface area contributed by atoms with Crippen molar-refractivity contribution in [3.8, 4) is 5.75 Å². The van der Waals surface area contributed by atoms with Gasteiger partial charge in [-0.05, 0) is 47.5 Å². The van der Waals surface area contributed by atoms with E-state index in [1.807, 2.05) is 36.7 Å². The lowest BCUT2D eigenvalue weighted by Crippen LogP contribution is -2.23. The highest BCUT2D eigenvalue weighted by atomic mass is 16.3. The van der Waals surface area contributed by atoms with Gasteiger partial charge in [0.05, 0.1) is 17.4 Å². The summed E-state index contributed by atoms with van der Waals surface area (Å²) < 4.78 is 2.12. The number of amides is 1. The van der Waals surface area contributed by atoms with Crippen LogP contribution in [0.15, 0.2) is 79.1 Å². The number of carbonyl (C=O) groups excluding carboxylic acids is 1. The fraction of sp³-hybridized carbons (Fsp3) is 0.0833. The van der Waals surface area contributed by atoms with Crippen LogP contribution in [0.25, 0.3) is 21.9 Å². The third kappa shape index (κ3) is 3.51. The van der Waals surface area contributed by atoms with E-state index in [2.05, 4.69) is 38.1 Å². The van der Waals surface area contributed by atoms with Crippen LogP contribution in [0.1, 0.15) is 21.6 Å². The number of H-pyrrole nitrogens is 1. The van der Waals surface area contributed by atoms with E-state index in [1.165, 1.54) is 0 Å². The normalized spacial score (nSPS) is 11.2. The first kappa shape index (κ1) is 18.0. The number of nitrogens with one attached hydrogen (secondary N) is 2. The van der Waals surface area contributed by atoms with Crippen molar-refractivity contribution in [2.75, 3.05) is 0 Å². The monoisotopic (exact) mass is 396 g/mol. The SMILES string of the molecule is O=C(NCc1cccc(Cn2cnc3ccccc32)c1)c1cc2cc(O)ccc2[nH]1. The molecule has 0 bridgehead atoms. The first-order valence-electron chi connectivity index (χ1n) is 9.73. The van der Waals surface area contributed by atoms with Gasteiger partial charge in [-0.25, -0.2) is 4.98 Å². The average Bonchev–Trinajstić information content (AvgIpc) is 3.36. The molecule has 148 valence electrons. The number of carbonyl (C=O) groups is 1. The van der Waals surface area contributed by atoms with E-state index in [1.54, 1.807) is 24.3 Å². The van der Waals surface area contributed by atoms with E-state index in [9.17, 15) is 9.90 Å². The summed E-state index contributed by atoms with van der Waals surface area (Å²) in [7, 11) is 0. The fourth-order valence-corrected chi connectivity index (χ4v) is 3.69. The maximum absolute atomic E-state index is 12.5. The molecular weight excluding hydrogens is 376 g/mol. The van der Waals surface area contributed by atoms with Crippen LogP contribution in [0.2, 0.25) is 0 Å². The largest absolute Gasteiger partial charge is 0.508 e. The minimum absolute atomic E-state index is 0.177. The molecule has 0 saturated carbocycles. The Labute approximate surface area is 172 Å². The molecule has 0 aliphatic carbocycles. The number of phenolic OH excluding ortho intramolecular Hbond substituents is 1. The van der Waals surface area contributed by atoms with E-state index < -0.39 is 0 Å². The van der Waals surface area contributed by atoms with E-state index in [4.69, 9.17) is 0 Å². The number of fused-ring (bicyclic) bond motifs is 2. The summed E-state index contributed by atoms with van der Waals surface area (Å²) in [5.74, 6) is -0.00681. The Hall–Kier alpha value is -4.06. The molecular formula is C24H20N4O2. The van der Waals surface area contributed by atoms with Gasteiger partial charge in [-0.1, -0.05) is 36.4 Å². The third-order valence-corrected chi connectivity index (χ3v) is 5.17. The number of phenols is 1. The van der Waals surface area contributed by atoms with Crippen molar-refractivity contribution >= 4 is 27.8 Å². The van der Waals surface area contributed by atoms with Gasteiger partial charge in [0.2, 0.25) is 0 Å². The molecule has 3 aromatic carbocycles. The Bertz CT molecular complexity index is 1370. The summed E-state index contributed by atoms with van der Waals surface area (Å²) >= 11 is 0. The second-order valence-corrected chi connectivity index (χ2v) is 7.32. The summed E-state index contributed by atoms with van der Waals surface area (Å²) in [4.78, 5) is 20.1. The number of imidazole rings is 1. The second-order valence-electron chi connectivity index (χ2n) is 7.32. The van der Waals surface area contributed by atoms with Gasteiger partial charge < -0.3 is 20.0 Å². The molecule has 2 heterocycles. The zero-order valence-corrected chi connectivity index (χ0v) is 16.2. The summed E-state index contributed by atoms with van der Waals surface area (Å²) in [5, 5.41) is 13.3. The lowest BCUT2D eigenvalue weighted by atomic mass is 10.1. The van der Waals surface area contributed by atoms with Gasteiger partial charge in [-0.15, -0.1) is 0 Å². The molecule has 0 unspecified atom stereocenters. The lowest BCUT2D eigenvalue weighted by molar-refractivity contribution is 0.0946. The Kier molecular flexibility index (Phi) is 4.44. The van der Waals surface area contributed by atoms with Gasteiger partial charge in [0, 0.05) is 24.0 Å². The minimum Gasteiger partial charge on any atom is -0.508 e. The number of aromatic hydroxyl groups is 1. The van der Waals surface area contributed by atoms with Crippen LogP contribution in [0, 0.1) is 0 Å². The van der Waals surface area contributed by atoms with Crippen molar-refractivity contribution < 1.29 is 9.90 Å². The highest BCUT2D eigenvalue weighted by Gasteiger charge is 2.10. The molecule has 5 rings (SSSR count). The maximum Gasteiger partial charge on any atom is 0.267 e. The molecule has 0 saturated heterocycles. The first-order chi connectivity index (χ1) is 14.7. The van der Waals surface area contributed by atoms with Gasteiger partial charge in [0.15, 0.2) is 0 Å². The molecule has 2 aromatic heterocycles. The summed E-state index contributed by atoms with van der Waals surface area (Å²) in [6.07, 6.45) is 1.85. The number of hydrogen-bond donors (Lipinski definition) is 3. The van der Waals surface area contributed by atoms with E-state index in [0.29, 0.717) is 18.8 Å². The second kappa shape index (κ2) is 7.40. The van der Waals surface area contributed by atoms with Crippen molar-refractivity contribution in [2.24, 2.45) is 0 Å². The maximum atomic E-state index is 12.5. The molecule has 0 aliphatic rings. The van der Waals surface area contributed by atoms with Crippen molar-refractivity contribution in [1.82, 2.24) is 19.9 Å². The van der Waals surface area contributed by atoms with Crippen LogP contribution in [0.4, 0.5) is 0 Å². The highest BCUT2D eigenvalue weighted by molar-refractivity contribution is 5.98. The summed E-state index contributed by atoms with van der Waals surface area (Å²) in [6.45, 7) is 1.14. The number of aromatic amines is 1. The molecule has 5 aromatic rings. The van der Waals surface area contributed by atoms with Gasteiger partial charge >= 0.3 is 0 Å². The quantitative estimate of drug-likeness (QED) is 0.416. The van der Waals surface area contributed by atoms with E-state index >= 15 is 0 Å². The van der Waals surface area contributed by atoms with Crippen LogP contribution in [0.5, 0.6) is 5.75 Å². The Morgan fingerprint density at radius 3 is 2.80 bits per heavy atom. The standard InChI is InChI=1S/C24H20N4O2/c29-19-8-9-20-18(11-19)12-22(27-20)24(30)25-13-16-4-3-5-17(10-16)14-28-15-26-21-6-1-2-7-23(21)28/h1-12,15,27,29H,13-14H2,(H,25,30). The molecule has 6 heteroatoms. The molecule has 0 atom stereocenters. The van der Waals surface area contributed by atoms with Crippen LogP contribution in [-0.2, 0) is 13.1 Å². The van der Waals surface area contributed by atoms with E-state index in [-0.39, 0.29) is 11.7 Å². The van der Waals surface area contributed by atoms with Crippen molar-refractivity contribution in [1.29, 1.82) is 0 Å². The smallest absolute Gasteiger partial charge is 0.267 e. The molecule has 6 nitrogen and oxygen atoms in total. The number of rotatable bonds is 5.